The van der Waals surface area contributed by atoms with Gasteiger partial charge in [0.1, 0.15) is 17.5 Å². The first kappa shape index (κ1) is 19.8. The maximum Gasteiger partial charge on any atom is 0.246 e. The Morgan fingerprint density at radius 2 is 1.97 bits per heavy atom. The van der Waals surface area contributed by atoms with Crippen LogP contribution in [0.4, 0.5) is 11.6 Å². The van der Waals surface area contributed by atoms with Gasteiger partial charge in [0.05, 0.1) is 5.69 Å². The summed E-state index contributed by atoms with van der Waals surface area (Å²) in [5, 5.41) is 3.30. The summed E-state index contributed by atoms with van der Waals surface area (Å²) in [5.74, 6) is 2.46. The molecule has 0 unspecified atom stereocenters. The van der Waals surface area contributed by atoms with E-state index in [9.17, 15) is 4.79 Å². The number of rotatable bonds is 5. The van der Waals surface area contributed by atoms with Crippen molar-refractivity contribution in [1.82, 2.24) is 19.9 Å². The molecule has 1 aliphatic rings. The van der Waals surface area contributed by atoms with Gasteiger partial charge in [-0.05, 0) is 43.5 Å². The van der Waals surface area contributed by atoms with E-state index >= 15 is 0 Å². The number of pyridine rings is 1. The van der Waals surface area contributed by atoms with Crippen LogP contribution in [0.15, 0.2) is 60.8 Å². The van der Waals surface area contributed by atoms with Gasteiger partial charge in [0.15, 0.2) is 0 Å². The molecule has 152 valence electrons. The number of carbonyl (C=O) groups is 1. The topological polar surface area (TPSA) is 71.0 Å². The fourth-order valence-electron chi connectivity index (χ4n) is 3.64. The molecule has 30 heavy (non-hydrogen) atoms. The molecule has 0 radical (unpaired) electrons. The monoisotopic (exact) mass is 399 g/mol. The van der Waals surface area contributed by atoms with Gasteiger partial charge in [-0.2, -0.15) is 0 Å². The Morgan fingerprint density at radius 1 is 1.13 bits per heavy atom. The van der Waals surface area contributed by atoms with E-state index in [1.54, 1.807) is 12.3 Å². The number of nitrogens with one attached hydrogen (secondary N) is 1. The van der Waals surface area contributed by atoms with Crippen LogP contribution < -0.4 is 5.32 Å². The molecule has 0 saturated carbocycles. The van der Waals surface area contributed by atoms with E-state index in [-0.39, 0.29) is 11.8 Å². The first-order chi connectivity index (χ1) is 14.6. The number of hydrogen-bond acceptors (Lipinski definition) is 5. The Bertz CT molecular complexity index is 1060. The first-order valence-electron chi connectivity index (χ1n) is 10.1. The van der Waals surface area contributed by atoms with E-state index in [0.29, 0.717) is 12.4 Å². The van der Waals surface area contributed by atoms with Crippen LogP contribution in [-0.4, -0.2) is 38.8 Å². The molecule has 6 nitrogen and oxygen atoms in total. The zero-order valence-corrected chi connectivity index (χ0v) is 17.2. The van der Waals surface area contributed by atoms with Crippen LogP contribution in [0.25, 0.3) is 6.08 Å². The molecule has 4 rings (SSSR count). The van der Waals surface area contributed by atoms with Gasteiger partial charge in [0.25, 0.3) is 0 Å². The molecule has 1 amide bonds. The van der Waals surface area contributed by atoms with E-state index < -0.39 is 0 Å². The third-order valence-electron chi connectivity index (χ3n) is 5.25. The van der Waals surface area contributed by atoms with Crippen LogP contribution in [0, 0.1) is 13.8 Å². The number of aryl methyl sites for hydroxylation is 2. The zero-order chi connectivity index (χ0) is 20.9. The minimum Gasteiger partial charge on any atom is -0.338 e. The molecule has 0 spiro atoms. The number of nitrogens with zero attached hydrogens (tertiary/aromatic N) is 4. The highest BCUT2D eigenvalue weighted by Gasteiger charge is 2.27. The molecule has 3 heterocycles. The Balaban J connectivity index is 1.45. The summed E-state index contributed by atoms with van der Waals surface area (Å²) in [7, 11) is 0. The maximum atomic E-state index is 12.6. The highest BCUT2D eigenvalue weighted by molar-refractivity contribution is 5.92. The van der Waals surface area contributed by atoms with Gasteiger partial charge < -0.3 is 10.2 Å². The molecule has 1 aromatic carbocycles. The number of aromatic nitrogens is 3. The van der Waals surface area contributed by atoms with E-state index in [4.69, 9.17) is 0 Å². The summed E-state index contributed by atoms with van der Waals surface area (Å²) < 4.78 is 0. The average molecular weight is 399 g/mol. The van der Waals surface area contributed by atoms with Gasteiger partial charge in [0, 0.05) is 37.3 Å². The van der Waals surface area contributed by atoms with Crippen molar-refractivity contribution in [3.63, 3.8) is 0 Å². The molecule has 3 aromatic rings. The van der Waals surface area contributed by atoms with Crippen LogP contribution in [0.1, 0.15) is 35.0 Å². The lowest BCUT2D eigenvalue weighted by Gasteiger charge is -2.15. The number of likely N-dealkylation sites (tertiary alicyclic amines) is 1. The number of anilines is 2. The number of hydrogen-bond donors (Lipinski definition) is 1. The van der Waals surface area contributed by atoms with Crippen molar-refractivity contribution in [2.45, 2.75) is 26.2 Å². The van der Waals surface area contributed by atoms with Crippen LogP contribution in [0.3, 0.4) is 0 Å². The molecule has 0 aliphatic carbocycles. The van der Waals surface area contributed by atoms with Gasteiger partial charge in [-0.15, -0.1) is 0 Å². The third kappa shape index (κ3) is 4.71. The predicted octanol–water partition coefficient (Wildman–Crippen LogP) is 4.26. The summed E-state index contributed by atoms with van der Waals surface area (Å²) >= 11 is 0. The van der Waals surface area contributed by atoms with Crippen molar-refractivity contribution in [2.75, 3.05) is 18.4 Å². The molecular weight excluding hydrogens is 374 g/mol. The first-order valence-corrected chi connectivity index (χ1v) is 10.1. The largest absolute Gasteiger partial charge is 0.338 e. The number of benzene rings is 1. The smallest absolute Gasteiger partial charge is 0.246 e. The standard InChI is InChI=1S/C24H25N5O/c1-17-7-6-13-25-24(17)28-22-15-21(26-18(2)27-22)20-12-14-29(16-20)23(30)11-10-19-8-4-3-5-9-19/h3-11,13,15,20H,12,14,16H2,1-2H3,(H,25,26,27,28)/b11-10+/t20-/m0/s1. The minimum atomic E-state index is 0.0367. The van der Waals surface area contributed by atoms with Crippen LogP contribution in [0.2, 0.25) is 0 Å². The molecule has 0 bridgehead atoms. The van der Waals surface area contributed by atoms with Crippen LogP contribution >= 0.6 is 0 Å². The minimum absolute atomic E-state index is 0.0367. The second kappa shape index (κ2) is 8.86. The summed E-state index contributed by atoms with van der Waals surface area (Å²) in [6.45, 7) is 5.29. The maximum absolute atomic E-state index is 12.6. The Morgan fingerprint density at radius 3 is 2.77 bits per heavy atom. The Hall–Kier alpha value is -3.54. The fourth-order valence-corrected chi connectivity index (χ4v) is 3.64. The van der Waals surface area contributed by atoms with Crippen molar-refractivity contribution < 1.29 is 4.79 Å². The number of carbonyl (C=O) groups excluding carboxylic acids is 1. The van der Waals surface area contributed by atoms with Gasteiger partial charge in [-0.3, -0.25) is 4.79 Å². The van der Waals surface area contributed by atoms with Crippen molar-refractivity contribution in [3.8, 4) is 0 Å². The summed E-state index contributed by atoms with van der Waals surface area (Å²) in [6.07, 6.45) is 6.17. The molecule has 6 heteroatoms. The van der Waals surface area contributed by atoms with Gasteiger partial charge in [-0.25, -0.2) is 15.0 Å². The molecule has 1 atom stereocenters. The van der Waals surface area contributed by atoms with Crippen molar-refractivity contribution in [2.24, 2.45) is 0 Å². The molecule has 2 aromatic heterocycles. The summed E-state index contributed by atoms with van der Waals surface area (Å²) in [6, 6.07) is 15.8. The summed E-state index contributed by atoms with van der Waals surface area (Å²) in [5.41, 5.74) is 3.03. The lowest BCUT2D eigenvalue weighted by molar-refractivity contribution is -0.124. The van der Waals surface area contributed by atoms with E-state index in [0.717, 1.165) is 41.4 Å². The molecule has 1 saturated heterocycles. The second-order valence-electron chi connectivity index (χ2n) is 7.53. The Kier molecular flexibility index (Phi) is 5.84. The number of amides is 1. The summed E-state index contributed by atoms with van der Waals surface area (Å²) in [4.78, 5) is 28.0. The predicted molar refractivity (Wildman–Crippen MR) is 118 cm³/mol. The normalized spacial score (nSPS) is 16.2. The average Bonchev–Trinajstić information content (AvgIpc) is 3.25. The Labute approximate surface area is 176 Å². The lowest BCUT2D eigenvalue weighted by Crippen LogP contribution is -2.26. The SMILES string of the molecule is Cc1nc(Nc2ncccc2C)cc([C@H]2CCN(C(=O)/C=C/c3ccccc3)C2)n1. The van der Waals surface area contributed by atoms with E-state index in [1.807, 2.05) is 73.4 Å². The van der Waals surface area contributed by atoms with Crippen molar-refractivity contribution >= 4 is 23.6 Å². The highest BCUT2D eigenvalue weighted by atomic mass is 16.2. The molecular formula is C24H25N5O. The van der Waals surface area contributed by atoms with Gasteiger partial charge in [-0.1, -0.05) is 36.4 Å². The quantitative estimate of drug-likeness (QED) is 0.649. The lowest BCUT2D eigenvalue weighted by atomic mass is 10.0. The van der Waals surface area contributed by atoms with E-state index in [1.165, 1.54) is 0 Å². The van der Waals surface area contributed by atoms with Gasteiger partial charge >= 0.3 is 0 Å². The van der Waals surface area contributed by atoms with E-state index in [2.05, 4.69) is 20.3 Å². The zero-order valence-electron chi connectivity index (χ0n) is 17.2. The fraction of sp³-hybridized carbons (Fsp3) is 0.250. The molecule has 1 aliphatic heterocycles. The van der Waals surface area contributed by atoms with Gasteiger partial charge in [0.2, 0.25) is 5.91 Å². The molecule has 1 fully saturated rings. The van der Waals surface area contributed by atoms with Crippen molar-refractivity contribution in [3.05, 3.63) is 83.4 Å². The van der Waals surface area contributed by atoms with Crippen LogP contribution in [-0.2, 0) is 4.79 Å². The third-order valence-corrected chi connectivity index (χ3v) is 5.25. The van der Waals surface area contributed by atoms with Crippen LogP contribution in [0.5, 0.6) is 0 Å². The highest BCUT2D eigenvalue weighted by Crippen LogP contribution is 2.28. The second-order valence-corrected chi connectivity index (χ2v) is 7.53. The van der Waals surface area contributed by atoms with Crippen molar-refractivity contribution in [1.29, 1.82) is 0 Å². The molecule has 1 N–H and O–H groups in total.